The minimum atomic E-state index is -3.35. The second-order valence-corrected chi connectivity index (χ2v) is 6.47. The minimum absolute atomic E-state index is 0.251. The molecule has 1 saturated heterocycles. The maximum atomic E-state index is 12.2. The molecule has 1 aromatic rings. The van der Waals surface area contributed by atoms with Crippen molar-refractivity contribution < 1.29 is 8.42 Å². The molecule has 0 aliphatic carbocycles. The number of nitrogens with one attached hydrogen (secondary N) is 1. The van der Waals surface area contributed by atoms with E-state index < -0.39 is 10.0 Å². The van der Waals surface area contributed by atoms with Crippen LogP contribution in [0.5, 0.6) is 0 Å². The Morgan fingerprint density at radius 2 is 2.06 bits per heavy atom. The summed E-state index contributed by atoms with van der Waals surface area (Å²) in [5, 5.41) is 6.23. The van der Waals surface area contributed by atoms with E-state index in [0.29, 0.717) is 19.1 Å². The number of hydrogen-bond donors (Lipinski definition) is 1. The fraction of sp³-hybridized carbons (Fsp3) is 0.700. The van der Waals surface area contributed by atoms with Crippen LogP contribution in [0, 0.1) is 0 Å². The minimum Gasteiger partial charge on any atom is -0.306 e. The smallest absolute Gasteiger partial charge is 0.246 e. The lowest BCUT2D eigenvalue weighted by Crippen LogP contribution is -2.44. The van der Waals surface area contributed by atoms with Crippen LogP contribution in [0.4, 0.5) is 0 Å². The predicted octanol–water partition coefficient (Wildman–Crippen LogP) is 0.124. The molecule has 1 N–H and O–H groups in total. The molecule has 6 nitrogen and oxygen atoms in total. The SMILES string of the molecule is CN(C)C1CCN(S(=O)(=O)c2cn[nH]c2)CC1. The Labute approximate surface area is 102 Å². The predicted molar refractivity (Wildman–Crippen MR) is 64.1 cm³/mol. The number of hydrogen-bond acceptors (Lipinski definition) is 4. The summed E-state index contributed by atoms with van der Waals surface area (Å²) < 4.78 is 25.9. The standard InChI is InChI=1S/C10H18N4O2S/c1-13(2)9-3-5-14(6-4-9)17(15,16)10-7-11-12-8-10/h7-9H,3-6H2,1-2H3,(H,11,12). The van der Waals surface area contributed by atoms with Gasteiger partial charge in [-0.15, -0.1) is 0 Å². The van der Waals surface area contributed by atoms with Crippen molar-refractivity contribution in [3.63, 3.8) is 0 Å². The largest absolute Gasteiger partial charge is 0.306 e. The van der Waals surface area contributed by atoms with Gasteiger partial charge >= 0.3 is 0 Å². The fourth-order valence-corrected chi connectivity index (χ4v) is 3.51. The van der Waals surface area contributed by atoms with E-state index in [1.165, 1.54) is 16.7 Å². The molecule has 0 bridgehead atoms. The lowest BCUT2D eigenvalue weighted by Gasteiger charge is -2.34. The van der Waals surface area contributed by atoms with Crippen molar-refractivity contribution in [2.75, 3.05) is 27.2 Å². The molecule has 96 valence electrons. The van der Waals surface area contributed by atoms with Gasteiger partial charge in [-0.2, -0.15) is 9.40 Å². The third kappa shape index (κ3) is 2.51. The monoisotopic (exact) mass is 258 g/mol. The molecule has 0 atom stereocenters. The summed E-state index contributed by atoms with van der Waals surface area (Å²) in [5.74, 6) is 0. The first-order valence-corrected chi connectivity index (χ1v) is 7.11. The molecule has 0 unspecified atom stereocenters. The molecule has 1 aromatic heterocycles. The number of piperidine rings is 1. The number of rotatable bonds is 3. The average molecular weight is 258 g/mol. The van der Waals surface area contributed by atoms with Crippen LogP contribution in [-0.2, 0) is 10.0 Å². The lowest BCUT2D eigenvalue weighted by molar-refractivity contribution is 0.196. The van der Waals surface area contributed by atoms with Crippen molar-refractivity contribution in [2.24, 2.45) is 0 Å². The number of aromatic nitrogens is 2. The zero-order chi connectivity index (χ0) is 12.5. The van der Waals surface area contributed by atoms with Gasteiger partial charge in [-0.05, 0) is 26.9 Å². The normalized spacial score (nSPS) is 19.9. The molecule has 1 aliphatic heterocycles. The van der Waals surface area contributed by atoms with E-state index >= 15 is 0 Å². The van der Waals surface area contributed by atoms with Crippen LogP contribution in [0.1, 0.15) is 12.8 Å². The summed E-state index contributed by atoms with van der Waals surface area (Å²) in [6.07, 6.45) is 4.54. The molecule has 17 heavy (non-hydrogen) atoms. The van der Waals surface area contributed by atoms with Gasteiger partial charge in [-0.25, -0.2) is 8.42 Å². The van der Waals surface area contributed by atoms with E-state index in [1.54, 1.807) is 0 Å². The van der Waals surface area contributed by atoms with E-state index in [2.05, 4.69) is 15.1 Å². The summed E-state index contributed by atoms with van der Waals surface area (Å²) in [4.78, 5) is 2.41. The molecule has 0 spiro atoms. The molecule has 2 heterocycles. The molecule has 0 aromatic carbocycles. The van der Waals surface area contributed by atoms with Gasteiger partial charge in [-0.1, -0.05) is 0 Å². The quantitative estimate of drug-likeness (QED) is 0.836. The highest BCUT2D eigenvalue weighted by Gasteiger charge is 2.30. The molecule has 0 amide bonds. The second kappa shape index (κ2) is 4.75. The zero-order valence-electron chi connectivity index (χ0n) is 10.1. The number of H-pyrrole nitrogens is 1. The van der Waals surface area contributed by atoms with Gasteiger partial charge in [0.2, 0.25) is 10.0 Å². The topological polar surface area (TPSA) is 69.3 Å². The Morgan fingerprint density at radius 1 is 1.41 bits per heavy atom. The highest BCUT2D eigenvalue weighted by atomic mass is 32.2. The van der Waals surface area contributed by atoms with Crippen molar-refractivity contribution >= 4 is 10.0 Å². The first-order valence-electron chi connectivity index (χ1n) is 5.67. The highest BCUT2D eigenvalue weighted by Crippen LogP contribution is 2.21. The Bertz CT molecular complexity index is 447. The molecular formula is C10H18N4O2S. The van der Waals surface area contributed by atoms with E-state index in [-0.39, 0.29) is 4.90 Å². The van der Waals surface area contributed by atoms with E-state index in [0.717, 1.165) is 12.8 Å². The van der Waals surface area contributed by atoms with Crippen LogP contribution in [0.25, 0.3) is 0 Å². The van der Waals surface area contributed by atoms with Gasteiger partial charge in [-0.3, -0.25) is 5.10 Å². The average Bonchev–Trinajstić information content (AvgIpc) is 2.83. The molecule has 0 radical (unpaired) electrons. The fourth-order valence-electron chi connectivity index (χ4n) is 2.13. The molecule has 2 rings (SSSR count). The van der Waals surface area contributed by atoms with E-state index in [1.807, 2.05) is 14.1 Å². The van der Waals surface area contributed by atoms with Gasteiger partial charge in [0.25, 0.3) is 0 Å². The van der Waals surface area contributed by atoms with Gasteiger partial charge in [0.05, 0.1) is 6.20 Å². The van der Waals surface area contributed by atoms with Crippen LogP contribution < -0.4 is 0 Å². The molecule has 7 heteroatoms. The molecule has 1 aliphatic rings. The first-order chi connectivity index (χ1) is 8.01. The highest BCUT2D eigenvalue weighted by molar-refractivity contribution is 7.89. The molecule has 0 saturated carbocycles. The van der Waals surface area contributed by atoms with Gasteiger partial charge < -0.3 is 4.90 Å². The second-order valence-electron chi connectivity index (χ2n) is 4.53. The van der Waals surface area contributed by atoms with Crippen LogP contribution >= 0.6 is 0 Å². The molecular weight excluding hydrogens is 240 g/mol. The van der Waals surface area contributed by atoms with Gasteiger partial charge in [0.15, 0.2) is 0 Å². The number of aromatic amines is 1. The van der Waals surface area contributed by atoms with Gasteiger partial charge in [0, 0.05) is 25.3 Å². The van der Waals surface area contributed by atoms with Gasteiger partial charge in [0.1, 0.15) is 4.90 Å². The Hall–Kier alpha value is -0.920. The van der Waals surface area contributed by atoms with Crippen LogP contribution in [0.2, 0.25) is 0 Å². The van der Waals surface area contributed by atoms with Crippen molar-refractivity contribution in [3.8, 4) is 0 Å². The summed E-state index contributed by atoms with van der Waals surface area (Å²) in [6.45, 7) is 1.16. The Kier molecular flexibility index (Phi) is 3.50. The molecule has 1 fully saturated rings. The summed E-state index contributed by atoms with van der Waals surface area (Å²) in [5.41, 5.74) is 0. The number of nitrogens with zero attached hydrogens (tertiary/aromatic N) is 3. The zero-order valence-corrected chi connectivity index (χ0v) is 10.9. The Balaban J connectivity index is 2.07. The summed E-state index contributed by atoms with van der Waals surface area (Å²) in [6, 6.07) is 0.478. The van der Waals surface area contributed by atoms with E-state index in [4.69, 9.17) is 0 Å². The van der Waals surface area contributed by atoms with Crippen molar-refractivity contribution in [1.82, 2.24) is 19.4 Å². The van der Waals surface area contributed by atoms with Crippen molar-refractivity contribution in [2.45, 2.75) is 23.8 Å². The third-order valence-electron chi connectivity index (χ3n) is 3.26. The van der Waals surface area contributed by atoms with Crippen LogP contribution in [-0.4, -0.2) is 61.0 Å². The number of sulfonamides is 1. The summed E-state index contributed by atoms with van der Waals surface area (Å²) in [7, 11) is 0.719. The third-order valence-corrected chi connectivity index (χ3v) is 5.13. The first kappa shape index (κ1) is 12.5. The van der Waals surface area contributed by atoms with Crippen molar-refractivity contribution in [3.05, 3.63) is 12.4 Å². The van der Waals surface area contributed by atoms with Crippen molar-refractivity contribution in [1.29, 1.82) is 0 Å². The summed E-state index contributed by atoms with van der Waals surface area (Å²) >= 11 is 0. The lowest BCUT2D eigenvalue weighted by atomic mass is 10.1. The van der Waals surface area contributed by atoms with Crippen LogP contribution in [0.3, 0.4) is 0 Å². The van der Waals surface area contributed by atoms with E-state index in [9.17, 15) is 8.42 Å². The Morgan fingerprint density at radius 3 is 2.53 bits per heavy atom. The maximum absolute atomic E-state index is 12.2. The maximum Gasteiger partial charge on any atom is 0.246 e. The van der Waals surface area contributed by atoms with Crippen LogP contribution in [0.15, 0.2) is 17.3 Å².